The van der Waals surface area contributed by atoms with Gasteiger partial charge in [-0.2, -0.15) is 0 Å². The lowest BCUT2D eigenvalue weighted by molar-refractivity contribution is -0.377. The van der Waals surface area contributed by atoms with Crippen LogP contribution in [0.1, 0.15) is 6.92 Å². The number of pyridine rings is 1. The van der Waals surface area contributed by atoms with E-state index in [9.17, 15) is 13.0 Å². The zero-order valence-electron chi connectivity index (χ0n) is 7.17. The molecule has 0 fully saturated rings. The summed E-state index contributed by atoms with van der Waals surface area (Å²) in [5.74, 6) is 0. The molecule has 0 aliphatic rings. The van der Waals surface area contributed by atoms with Crippen molar-refractivity contribution < 1.29 is 18.0 Å². The summed E-state index contributed by atoms with van der Waals surface area (Å²) in [4.78, 5) is 2.89. The summed E-state index contributed by atoms with van der Waals surface area (Å²) in [6.07, 6.45) is 4.93. The predicted octanol–water partition coefficient (Wildman–Crippen LogP) is 0.566. The van der Waals surface area contributed by atoms with Crippen LogP contribution in [-0.4, -0.2) is 13.0 Å². The van der Waals surface area contributed by atoms with Gasteiger partial charge in [-0.05, 0) is 6.92 Å². The van der Waals surface area contributed by atoms with Gasteiger partial charge >= 0.3 is 0 Å². The Balaban J connectivity index is 0.000000223. The number of aromatic amines is 1. The Morgan fingerprint density at radius 3 is 1.85 bits per heavy atom. The second kappa shape index (κ2) is 6.33. The molecule has 5 heteroatoms. The Morgan fingerprint density at radius 2 is 1.77 bits per heavy atom. The lowest BCUT2D eigenvalue weighted by Crippen LogP contribution is -1.93. The Bertz CT molecular complexity index is 305. The first-order valence-electron chi connectivity index (χ1n) is 3.56. The number of hydrogen-bond donors (Lipinski definition) is 0. The molecule has 0 aliphatic heterocycles. The molecule has 1 aromatic heterocycles. The highest BCUT2D eigenvalue weighted by molar-refractivity contribution is 7.88. The maximum Gasteiger partial charge on any atom is 0.166 e. The van der Waals surface area contributed by atoms with Crippen LogP contribution in [0.25, 0.3) is 0 Å². The van der Waals surface area contributed by atoms with Gasteiger partial charge < -0.3 is 4.55 Å². The molecule has 1 aromatic rings. The summed E-state index contributed by atoms with van der Waals surface area (Å²) in [7, 11) is -4.10. The van der Waals surface area contributed by atoms with Crippen molar-refractivity contribution in [1.82, 2.24) is 0 Å². The molecule has 0 saturated carbocycles. The molecule has 1 rings (SSSR count). The largest absolute Gasteiger partial charge is 0.744 e. The number of H-pyrrole nitrogens is 1. The third-order valence-electron chi connectivity index (χ3n) is 0.910. The number of aromatic nitrogens is 1. The average Bonchev–Trinajstić information content (AvgIpc) is 2.06. The standard InChI is InChI=1S/C5H5N.C3H6O3S/c1-2-4-6-5-3-1;1-2-3-7(4,5)6/h1-5H;2-3H,1H3,(H,4,5,6). The minimum absolute atomic E-state index is 0.604. The molecule has 0 saturated heterocycles. The second-order valence-electron chi connectivity index (χ2n) is 2.04. The summed E-state index contributed by atoms with van der Waals surface area (Å²) in [5.41, 5.74) is 0. The quantitative estimate of drug-likeness (QED) is 0.623. The molecule has 0 radical (unpaired) electrons. The van der Waals surface area contributed by atoms with Crippen LogP contribution >= 0.6 is 0 Å². The van der Waals surface area contributed by atoms with Gasteiger partial charge in [0.1, 0.15) is 10.1 Å². The Labute approximate surface area is 77.7 Å². The minimum atomic E-state index is -4.10. The van der Waals surface area contributed by atoms with E-state index in [1.807, 2.05) is 30.6 Å². The Kier molecular flexibility index (Phi) is 5.75. The lowest BCUT2D eigenvalue weighted by Gasteiger charge is -1.94. The van der Waals surface area contributed by atoms with Crippen LogP contribution in [0.2, 0.25) is 0 Å². The van der Waals surface area contributed by atoms with Gasteiger partial charge in [0.15, 0.2) is 12.4 Å². The van der Waals surface area contributed by atoms with E-state index in [2.05, 4.69) is 4.98 Å². The number of nitrogens with one attached hydrogen (secondary N) is 1. The molecule has 0 unspecified atom stereocenters. The number of rotatable bonds is 1. The maximum absolute atomic E-state index is 9.59. The van der Waals surface area contributed by atoms with Crippen LogP contribution in [0, 0.1) is 0 Å². The van der Waals surface area contributed by atoms with Gasteiger partial charge in [0, 0.05) is 17.5 Å². The van der Waals surface area contributed by atoms with Gasteiger partial charge in [-0.25, -0.2) is 13.4 Å². The third kappa shape index (κ3) is 10.8. The van der Waals surface area contributed by atoms with Crippen molar-refractivity contribution in [2.75, 3.05) is 0 Å². The first-order chi connectivity index (χ1) is 6.06. The zero-order valence-corrected chi connectivity index (χ0v) is 7.99. The maximum atomic E-state index is 9.59. The third-order valence-corrected chi connectivity index (χ3v) is 1.52. The fourth-order valence-electron chi connectivity index (χ4n) is 0.509. The van der Waals surface area contributed by atoms with Crippen molar-refractivity contribution in [3.05, 3.63) is 42.1 Å². The second-order valence-corrected chi connectivity index (χ2v) is 3.30. The number of hydrogen-bond acceptors (Lipinski definition) is 3. The van der Waals surface area contributed by atoms with Crippen molar-refractivity contribution in [3.8, 4) is 0 Å². The van der Waals surface area contributed by atoms with Crippen molar-refractivity contribution >= 4 is 10.1 Å². The predicted molar refractivity (Wildman–Crippen MR) is 47.5 cm³/mol. The first kappa shape index (κ1) is 11.8. The summed E-state index contributed by atoms with van der Waals surface area (Å²) < 4.78 is 28.8. The molecular formula is C8H11NO3S. The SMILES string of the molecule is CC=CS(=O)(=O)[O-].c1cc[nH+]cc1. The molecule has 0 atom stereocenters. The average molecular weight is 201 g/mol. The molecule has 13 heavy (non-hydrogen) atoms. The van der Waals surface area contributed by atoms with E-state index in [0.717, 1.165) is 0 Å². The van der Waals surface area contributed by atoms with E-state index in [-0.39, 0.29) is 0 Å². The zero-order chi connectivity index (χ0) is 10.2. The van der Waals surface area contributed by atoms with Crippen LogP contribution in [0.4, 0.5) is 0 Å². The minimum Gasteiger partial charge on any atom is -0.744 e. The molecule has 0 aromatic carbocycles. The summed E-state index contributed by atoms with van der Waals surface area (Å²) >= 11 is 0. The van der Waals surface area contributed by atoms with E-state index < -0.39 is 10.1 Å². The fourth-order valence-corrected chi connectivity index (χ4v) is 0.842. The van der Waals surface area contributed by atoms with E-state index in [1.165, 1.54) is 13.0 Å². The van der Waals surface area contributed by atoms with Crippen LogP contribution in [0.5, 0.6) is 0 Å². The van der Waals surface area contributed by atoms with Gasteiger partial charge in [-0.15, -0.1) is 0 Å². The Morgan fingerprint density at radius 1 is 1.23 bits per heavy atom. The molecular weight excluding hydrogens is 190 g/mol. The Hall–Kier alpha value is -1.20. The van der Waals surface area contributed by atoms with Crippen LogP contribution in [-0.2, 0) is 10.1 Å². The highest BCUT2D eigenvalue weighted by Crippen LogP contribution is 1.80. The van der Waals surface area contributed by atoms with Gasteiger partial charge in [-0.3, -0.25) is 0 Å². The molecule has 4 nitrogen and oxygen atoms in total. The molecule has 0 aliphatic carbocycles. The topological polar surface area (TPSA) is 71.3 Å². The van der Waals surface area contributed by atoms with Gasteiger partial charge in [0.25, 0.3) is 0 Å². The summed E-state index contributed by atoms with van der Waals surface area (Å²) in [5, 5.41) is 0.604. The van der Waals surface area contributed by atoms with E-state index in [4.69, 9.17) is 0 Å². The van der Waals surface area contributed by atoms with Gasteiger partial charge in [-0.1, -0.05) is 12.1 Å². The van der Waals surface area contributed by atoms with Crippen molar-refractivity contribution in [1.29, 1.82) is 0 Å². The van der Waals surface area contributed by atoms with E-state index in [0.29, 0.717) is 5.41 Å². The lowest BCUT2D eigenvalue weighted by atomic mass is 10.5. The smallest absolute Gasteiger partial charge is 0.166 e. The molecule has 0 amide bonds. The van der Waals surface area contributed by atoms with Crippen LogP contribution in [0.3, 0.4) is 0 Å². The van der Waals surface area contributed by atoms with E-state index >= 15 is 0 Å². The molecule has 1 heterocycles. The van der Waals surface area contributed by atoms with E-state index in [1.54, 1.807) is 0 Å². The van der Waals surface area contributed by atoms with Crippen molar-refractivity contribution in [2.24, 2.45) is 0 Å². The molecule has 72 valence electrons. The first-order valence-corrected chi connectivity index (χ1v) is 5.03. The van der Waals surface area contributed by atoms with Crippen LogP contribution in [0.15, 0.2) is 42.1 Å². The molecule has 0 bridgehead atoms. The molecule has 0 spiro atoms. The normalized spacial score (nSPS) is 10.6. The van der Waals surface area contributed by atoms with Crippen molar-refractivity contribution in [2.45, 2.75) is 6.92 Å². The summed E-state index contributed by atoms with van der Waals surface area (Å²) in [6.45, 7) is 1.47. The fraction of sp³-hybridized carbons (Fsp3) is 0.125. The highest BCUT2D eigenvalue weighted by atomic mass is 32.2. The highest BCUT2D eigenvalue weighted by Gasteiger charge is 1.76. The van der Waals surface area contributed by atoms with Gasteiger partial charge in [0.2, 0.25) is 0 Å². The molecule has 1 N–H and O–H groups in total. The van der Waals surface area contributed by atoms with Gasteiger partial charge in [0.05, 0.1) is 0 Å². The monoisotopic (exact) mass is 201 g/mol. The number of allylic oxidation sites excluding steroid dienone is 1. The summed E-state index contributed by atoms with van der Waals surface area (Å²) in [6, 6.07) is 5.86. The van der Waals surface area contributed by atoms with Crippen molar-refractivity contribution in [3.63, 3.8) is 0 Å². The van der Waals surface area contributed by atoms with Crippen LogP contribution < -0.4 is 4.98 Å².